The molecule has 0 radical (unpaired) electrons. The van der Waals surface area contributed by atoms with Crippen LogP contribution in [0.3, 0.4) is 0 Å². The van der Waals surface area contributed by atoms with Crippen LogP contribution in [0.5, 0.6) is 5.75 Å². The second-order valence-corrected chi connectivity index (χ2v) is 7.98. The van der Waals surface area contributed by atoms with Gasteiger partial charge in [0.05, 0.1) is 16.0 Å². The van der Waals surface area contributed by atoms with Gasteiger partial charge in [-0.2, -0.15) is 0 Å². The molecule has 0 fully saturated rings. The summed E-state index contributed by atoms with van der Waals surface area (Å²) in [5.41, 5.74) is 2.30. The van der Waals surface area contributed by atoms with Crippen molar-refractivity contribution < 1.29 is 9.53 Å². The van der Waals surface area contributed by atoms with Crippen LogP contribution in [0, 0.1) is 0 Å². The second kappa shape index (κ2) is 9.26. The smallest absolute Gasteiger partial charge is 0.321 e. The molecule has 26 heavy (non-hydrogen) atoms. The molecule has 0 unspecified atom stereocenters. The normalized spacial score (nSPS) is 10.7. The largest absolute Gasteiger partial charge is 0.424 e. The summed E-state index contributed by atoms with van der Waals surface area (Å²) < 4.78 is 6.25. The molecule has 0 saturated heterocycles. The minimum Gasteiger partial charge on any atom is -0.424 e. The number of rotatable bonds is 6. The maximum atomic E-state index is 12.3. The number of carbonyl (C=O) groups is 1. The summed E-state index contributed by atoms with van der Waals surface area (Å²) in [6.07, 6.45) is 0. The van der Waals surface area contributed by atoms with E-state index >= 15 is 0 Å². The van der Waals surface area contributed by atoms with Crippen LogP contribution in [0.25, 0.3) is 0 Å². The van der Waals surface area contributed by atoms with E-state index in [1.165, 1.54) is 11.8 Å². The Hall–Kier alpha value is -1.75. The topological polar surface area (TPSA) is 26.3 Å². The van der Waals surface area contributed by atoms with Crippen LogP contribution in [0.4, 0.5) is 0 Å². The standard InChI is InChI=1S/C21H16BrClO2S/c22-17-11-12-19(18(23)13-17)25-20(24)14-26-21(15-7-3-1-4-8-15)16-9-5-2-6-10-16/h1-13,21H,14H2. The third kappa shape index (κ3) is 5.13. The van der Waals surface area contributed by atoms with E-state index in [0.29, 0.717) is 10.8 Å². The lowest BCUT2D eigenvalue weighted by Crippen LogP contribution is -2.12. The molecule has 132 valence electrons. The van der Waals surface area contributed by atoms with Gasteiger partial charge in [0.2, 0.25) is 0 Å². The Morgan fingerprint density at radius 1 is 0.962 bits per heavy atom. The van der Waals surface area contributed by atoms with Crippen molar-refractivity contribution in [3.05, 3.63) is 99.5 Å². The zero-order valence-electron chi connectivity index (χ0n) is 13.8. The monoisotopic (exact) mass is 446 g/mol. The number of halogens is 2. The molecule has 0 spiro atoms. The average molecular weight is 448 g/mol. The van der Waals surface area contributed by atoms with E-state index in [1.807, 2.05) is 36.4 Å². The Kier molecular flexibility index (Phi) is 6.78. The predicted octanol–water partition coefficient (Wildman–Crippen LogP) is 6.53. The molecule has 0 N–H and O–H groups in total. The predicted molar refractivity (Wildman–Crippen MR) is 112 cm³/mol. The lowest BCUT2D eigenvalue weighted by atomic mass is 10.0. The SMILES string of the molecule is O=C(CSC(c1ccccc1)c1ccccc1)Oc1ccc(Br)cc1Cl. The Morgan fingerprint density at radius 2 is 1.54 bits per heavy atom. The highest BCUT2D eigenvalue weighted by atomic mass is 79.9. The van der Waals surface area contributed by atoms with Crippen LogP contribution >= 0.6 is 39.3 Å². The molecule has 0 aromatic heterocycles. The van der Waals surface area contributed by atoms with Crippen molar-refractivity contribution in [1.82, 2.24) is 0 Å². The molecule has 3 aromatic carbocycles. The summed E-state index contributed by atoms with van der Waals surface area (Å²) in [6.45, 7) is 0. The fraction of sp³-hybridized carbons (Fsp3) is 0.0952. The molecule has 0 amide bonds. The van der Waals surface area contributed by atoms with Crippen molar-refractivity contribution in [2.45, 2.75) is 5.25 Å². The van der Waals surface area contributed by atoms with Crippen LogP contribution in [0.2, 0.25) is 5.02 Å². The van der Waals surface area contributed by atoms with Crippen LogP contribution in [0.15, 0.2) is 83.3 Å². The van der Waals surface area contributed by atoms with E-state index < -0.39 is 0 Å². The minimum atomic E-state index is -0.323. The quantitative estimate of drug-likeness (QED) is 0.317. The zero-order valence-corrected chi connectivity index (χ0v) is 16.9. The molecule has 2 nitrogen and oxygen atoms in total. The van der Waals surface area contributed by atoms with Gasteiger partial charge in [-0.05, 0) is 29.3 Å². The summed E-state index contributed by atoms with van der Waals surface area (Å²) >= 11 is 11.0. The van der Waals surface area contributed by atoms with E-state index in [0.717, 1.165) is 15.6 Å². The fourth-order valence-corrected chi connectivity index (χ4v) is 4.27. The van der Waals surface area contributed by atoms with Crippen LogP contribution < -0.4 is 4.74 Å². The number of esters is 1. The molecule has 0 aliphatic rings. The first-order valence-electron chi connectivity index (χ1n) is 8.01. The van der Waals surface area contributed by atoms with Crippen LogP contribution in [0.1, 0.15) is 16.4 Å². The Morgan fingerprint density at radius 3 is 2.08 bits per heavy atom. The zero-order chi connectivity index (χ0) is 18.4. The fourth-order valence-electron chi connectivity index (χ4n) is 2.50. The first-order valence-corrected chi connectivity index (χ1v) is 10.2. The highest BCUT2D eigenvalue weighted by molar-refractivity contribution is 9.10. The van der Waals surface area contributed by atoms with Gasteiger partial charge >= 0.3 is 5.97 Å². The number of hydrogen-bond donors (Lipinski definition) is 0. The molecular weight excluding hydrogens is 432 g/mol. The molecule has 0 aliphatic heterocycles. The van der Waals surface area contributed by atoms with E-state index in [4.69, 9.17) is 16.3 Å². The second-order valence-electron chi connectivity index (χ2n) is 5.56. The van der Waals surface area contributed by atoms with Crippen LogP contribution in [-0.4, -0.2) is 11.7 Å². The van der Waals surface area contributed by atoms with E-state index in [1.54, 1.807) is 18.2 Å². The lowest BCUT2D eigenvalue weighted by Gasteiger charge is -2.17. The van der Waals surface area contributed by atoms with Crippen molar-refractivity contribution in [1.29, 1.82) is 0 Å². The summed E-state index contributed by atoms with van der Waals surface area (Å²) in [6, 6.07) is 25.5. The molecular formula is C21H16BrClO2S. The van der Waals surface area contributed by atoms with Gasteiger partial charge in [-0.25, -0.2) is 0 Å². The van der Waals surface area contributed by atoms with Crippen molar-refractivity contribution in [3.63, 3.8) is 0 Å². The maximum absolute atomic E-state index is 12.3. The molecule has 5 heteroatoms. The molecule has 0 saturated carbocycles. The van der Waals surface area contributed by atoms with Crippen molar-refractivity contribution in [2.75, 3.05) is 5.75 Å². The van der Waals surface area contributed by atoms with Crippen molar-refractivity contribution in [2.24, 2.45) is 0 Å². The van der Waals surface area contributed by atoms with E-state index in [-0.39, 0.29) is 17.0 Å². The molecule has 0 atom stereocenters. The van der Waals surface area contributed by atoms with Gasteiger partial charge in [-0.15, -0.1) is 11.8 Å². The first-order chi connectivity index (χ1) is 12.6. The minimum absolute atomic E-state index is 0.0605. The van der Waals surface area contributed by atoms with Gasteiger partial charge in [0.25, 0.3) is 0 Å². The van der Waals surface area contributed by atoms with E-state index in [2.05, 4.69) is 40.2 Å². The Bertz CT molecular complexity index is 832. The Labute approximate surface area is 170 Å². The highest BCUT2D eigenvalue weighted by Crippen LogP contribution is 2.36. The molecule has 3 aromatic rings. The number of hydrogen-bond acceptors (Lipinski definition) is 3. The molecule has 0 heterocycles. The lowest BCUT2D eigenvalue weighted by molar-refractivity contribution is -0.131. The summed E-state index contributed by atoms with van der Waals surface area (Å²) in [5, 5.41) is 0.464. The first kappa shape index (κ1) is 19.0. The van der Waals surface area contributed by atoms with Crippen LogP contribution in [-0.2, 0) is 4.79 Å². The molecule has 0 aliphatic carbocycles. The molecule has 0 bridgehead atoms. The number of thioether (sulfide) groups is 1. The number of ether oxygens (including phenoxy) is 1. The summed E-state index contributed by atoms with van der Waals surface area (Å²) in [5.74, 6) is 0.272. The van der Waals surface area contributed by atoms with Gasteiger partial charge < -0.3 is 4.74 Å². The number of benzene rings is 3. The van der Waals surface area contributed by atoms with E-state index in [9.17, 15) is 4.79 Å². The van der Waals surface area contributed by atoms with Gasteiger partial charge in [0, 0.05) is 4.47 Å². The highest BCUT2D eigenvalue weighted by Gasteiger charge is 2.17. The number of carbonyl (C=O) groups excluding carboxylic acids is 1. The summed E-state index contributed by atoms with van der Waals surface area (Å²) in [7, 11) is 0. The van der Waals surface area contributed by atoms with Gasteiger partial charge in [0.15, 0.2) is 0 Å². The third-order valence-corrected chi connectivity index (χ3v) is 5.76. The maximum Gasteiger partial charge on any atom is 0.321 e. The Balaban J connectivity index is 1.71. The van der Waals surface area contributed by atoms with Gasteiger partial charge in [-0.3, -0.25) is 4.79 Å². The van der Waals surface area contributed by atoms with Gasteiger partial charge in [-0.1, -0.05) is 88.2 Å². The summed E-state index contributed by atoms with van der Waals surface area (Å²) in [4.78, 5) is 12.3. The van der Waals surface area contributed by atoms with Gasteiger partial charge in [0.1, 0.15) is 5.75 Å². The third-order valence-electron chi connectivity index (χ3n) is 3.69. The molecule has 3 rings (SSSR count). The van der Waals surface area contributed by atoms with Crippen molar-refractivity contribution >= 4 is 45.3 Å². The van der Waals surface area contributed by atoms with Crippen molar-refractivity contribution in [3.8, 4) is 5.75 Å². The average Bonchev–Trinajstić information content (AvgIpc) is 2.66.